The zero-order chi connectivity index (χ0) is 39.4. The van der Waals surface area contributed by atoms with Gasteiger partial charge in [0.25, 0.3) is 11.6 Å². The van der Waals surface area contributed by atoms with Crippen LogP contribution in [-0.2, 0) is 47.4 Å². The largest absolute Gasteiger partial charge is 0.459 e. The van der Waals surface area contributed by atoms with Crippen LogP contribution >= 0.6 is 12.2 Å². The van der Waals surface area contributed by atoms with Crippen molar-refractivity contribution in [3.63, 3.8) is 0 Å². The molecule has 1 N–H and O–H groups in total. The van der Waals surface area contributed by atoms with E-state index < -0.39 is 96.7 Å². The Hall–Kier alpha value is -4.81. The third kappa shape index (κ3) is 7.06. The van der Waals surface area contributed by atoms with E-state index in [2.05, 4.69) is 5.32 Å². The lowest BCUT2D eigenvalue weighted by Crippen LogP contribution is -2.58. The fraction of sp³-hybridized carbons (Fsp3) is 0.425. The molecule has 0 radical (unpaired) electrons. The minimum Gasteiger partial charge on any atom is -0.459 e. The van der Waals surface area contributed by atoms with Crippen molar-refractivity contribution in [2.24, 2.45) is 0 Å². The first-order valence-electron chi connectivity index (χ1n) is 18.2. The van der Waals surface area contributed by atoms with Crippen molar-refractivity contribution < 1.29 is 61.8 Å². The molecule has 1 amide bonds. The van der Waals surface area contributed by atoms with E-state index in [4.69, 9.17) is 54.8 Å². The van der Waals surface area contributed by atoms with Crippen LogP contribution in [-0.4, -0.2) is 113 Å². The van der Waals surface area contributed by atoms with Crippen LogP contribution < -0.4 is 5.32 Å². The minimum atomic E-state index is -1.94. The maximum Gasteiger partial charge on any atom is 0.338 e. The van der Waals surface area contributed by atoms with Crippen LogP contribution in [0.25, 0.3) is 0 Å². The molecule has 5 heterocycles. The summed E-state index contributed by atoms with van der Waals surface area (Å²) in [5, 5.41) is 2.87. The molecule has 0 saturated carbocycles. The molecule has 1 spiro atoms. The second-order valence-corrected chi connectivity index (χ2v) is 15.2. The van der Waals surface area contributed by atoms with Gasteiger partial charge in [0.2, 0.25) is 0 Å². The summed E-state index contributed by atoms with van der Waals surface area (Å²) >= 11 is 5.81. The summed E-state index contributed by atoms with van der Waals surface area (Å²) in [7, 11) is 0. The molecule has 5 fully saturated rings. The van der Waals surface area contributed by atoms with Crippen LogP contribution in [0.15, 0.2) is 91.0 Å². The lowest BCUT2D eigenvalue weighted by molar-refractivity contribution is -0.228. The van der Waals surface area contributed by atoms with Crippen molar-refractivity contribution in [1.82, 2.24) is 10.2 Å². The second kappa shape index (κ2) is 14.6. The molecule has 0 unspecified atom stereocenters. The van der Waals surface area contributed by atoms with E-state index in [0.29, 0.717) is 0 Å². The van der Waals surface area contributed by atoms with Gasteiger partial charge in [-0.2, -0.15) is 0 Å². The highest BCUT2D eigenvalue weighted by Crippen LogP contribution is 2.49. The predicted octanol–water partition coefficient (Wildman–Crippen LogP) is 3.50. The zero-order valence-corrected chi connectivity index (χ0v) is 31.7. The van der Waals surface area contributed by atoms with E-state index in [0.717, 1.165) is 4.90 Å². The van der Waals surface area contributed by atoms with Gasteiger partial charge in [-0.3, -0.25) is 9.69 Å². The summed E-state index contributed by atoms with van der Waals surface area (Å²) in [6.07, 6.45) is -9.03. The van der Waals surface area contributed by atoms with E-state index in [9.17, 15) is 14.4 Å². The van der Waals surface area contributed by atoms with Crippen LogP contribution in [0.5, 0.6) is 0 Å². The highest BCUT2D eigenvalue weighted by molar-refractivity contribution is 7.80. The average Bonchev–Trinajstić information content (AvgIpc) is 3.95. The Bertz CT molecular complexity index is 2000. The summed E-state index contributed by atoms with van der Waals surface area (Å²) < 4.78 is 55.4. The van der Waals surface area contributed by atoms with Crippen molar-refractivity contribution in [3.05, 3.63) is 108 Å². The molecule has 0 aromatic heterocycles. The number of rotatable bonds is 9. The molecule has 5 saturated heterocycles. The van der Waals surface area contributed by atoms with Gasteiger partial charge in [0.05, 0.1) is 23.3 Å². The SMILES string of the molecule is CC1(C)OC[C@@H]([C@H]2O[C@]3(NC(=S)N([C@@H]4O[C@H](COC(=O)c5ccccc5)[C@@H](OC(=O)c5ccccc5)[C@H]4OC(=O)c4ccccc4)C3=O)[C@@H]3OC(C)(C)O[C@H]23)O1. The Morgan fingerprint density at radius 1 is 0.732 bits per heavy atom. The molecule has 5 aliphatic heterocycles. The first-order chi connectivity index (χ1) is 26.8. The number of nitrogens with one attached hydrogen (secondary N) is 1. The molecule has 56 heavy (non-hydrogen) atoms. The Morgan fingerprint density at radius 3 is 1.84 bits per heavy atom. The molecule has 9 atom stereocenters. The number of esters is 3. The van der Waals surface area contributed by atoms with Gasteiger partial charge < -0.3 is 47.9 Å². The molecule has 0 bridgehead atoms. The number of thiocarbonyl (C=S) groups is 1. The Balaban J connectivity index is 1.15. The molecule has 16 heteroatoms. The Morgan fingerprint density at radius 2 is 1.29 bits per heavy atom. The molecule has 15 nitrogen and oxygen atoms in total. The number of fused-ring (bicyclic) bond motifs is 2. The molecule has 8 rings (SSSR count). The molecule has 294 valence electrons. The van der Waals surface area contributed by atoms with Gasteiger partial charge in [-0.05, 0) is 76.3 Å². The molecule has 3 aromatic carbocycles. The molecular weight excluding hydrogens is 749 g/mol. The molecular formula is C40H40N2O13S. The predicted molar refractivity (Wildman–Crippen MR) is 196 cm³/mol. The lowest BCUT2D eigenvalue weighted by Gasteiger charge is -2.31. The summed E-state index contributed by atoms with van der Waals surface area (Å²) in [6, 6.07) is 24.5. The standard InChI is InChI=1S/C40H40N2O13S/c1-38(2)48-21-26(52-38)28-29-31(55-39(3,4)53-29)40(54-28)36(46)42(37(56)41-40)32-30(51-35(45)24-18-12-7-13-19-24)27(50-34(44)23-16-10-6-11-17-23)25(49-32)20-47-33(43)22-14-8-5-9-15-22/h5-19,25-32H,20-21H2,1-4H3,(H,41,56)/t25-,26+,27-,28-,29-,30-,31-,32-,40-/m1/s1. The van der Waals surface area contributed by atoms with Crippen molar-refractivity contribution >= 4 is 41.1 Å². The topological polar surface area (TPSA) is 167 Å². The minimum absolute atomic E-state index is 0.157. The van der Waals surface area contributed by atoms with Crippen LogP contribution in [0.1, 0.15) is 58.8 Å². The third-order valence-electron chi connectivity index (χ3n) is 10.1. The molecule has 3 aromatic rings. The molecule has 0 aliphatic carbocycles. The fourth-order valence-corrected chi connectivity index (χ4v) is 7.91. The zero-order valence-electron chi connectivity index (χ0n) is 30.9. The van der Waals surface area contributed by atoms with Gasteiger partial charge >= 0.3 is 17.9 Å². The number of hydrogen-bond donors (Lipinski definition) is 1. The molecule has 5 aliphatic rings. The van der Waals surface area contributed by atoms with Gasteiger partial charge in [-0.15, -0.1) is 0 Å². The summed E-state index contributed by atoms with van der Waals surface area (Å²) in [6.45, 7) is 6.66. The van der Waals surface area contributed by atoms with Gasteiger partial charge in [-0.25, -0.2) is 14.4 Å². The summed E-state index contributed by atoms with van der Waals surface area (Å²) in [5.41, 5.74) is -1.32. The van der Waals surface area contributed by atoms with E-state index in [-0.39, 0.29) is 28.4 Å². The van der Waals surface area contributed by atoms with Crippen molar-refractivity contribution in [2.75, 3.05) is 13.2 Å². The highest BCUT2D eigenvalue weighted by atomic mass is 32.1. The number of nitrogens with zero attached hydrogens (tertiary/aromatic N) is 1. The van der Waals surface area contributed by atoms with Crippen molar-refractivity contribution in [1.29, 1.82) is 0 Å². The fourth-order valence-electron chi connectivity index (χ4n) is 7.57. The average molecular weight is 789 g/mol. The first kappa shape index (κ1) is 38.1. The second-order valence-electron chi connectivity index (χ2n) is 14.8. The third-order valence-corrected chi connectivity index (χ3v) is 10.4. The van der Waals surface area contributed by atoms with E-state index in [1.165, 1.54) is 0 Å². The van der Waals surface area contributed by atoms with Crippen molar-refractivity contribution in [3.8, 4) is 0 Å². The smallest absolute Gasteiger partial charge is 0.338 e. The maximum atomic E-state index is 15.0. The summed E-state index contributed by atoms with van der Waals surface area (Å²) in [5.74, 6) is -5.06. The lowest BCUT2D eigenvalue weighted by atomic mass is 10.00. The Kier molecular flexibility index (Phi) is 9.93. The number of ether oxygens (including phenoxy) is 9. The van der Waals surface area contributed by atoms with Crippen LogP contribution in [0.4, 0.5) is 0 Å². The first-order valence-corrected chi connectivity index (χ1v) is 18.6. The number of hydrogen-bond acceptors (Lipinski definition) is 14. The number of benzene rings is 3. The number of carbonyl (C=O) groups is 4. The Labute approximate surface area is 327 Å². The quantitative estimate of drug-likeness (QED) is 0.190. The van der Waals surface area contributed by atoms with Gasteiger partial charge in [0, 0.05) is 0 Å². The van der Waals surface area contributed by atoms with E-state index in [1.54, 1.807) is 119 Å². The van der Waals surface area contributed by atoms with Crippen LogP contribution in [0, 0.1) is 0 Å². The monoisotopic (exact) mass is 788 g/mol. The van der Waals surface area contributed by atoms with E-state index >= 15 is 4.79 Å². The van der Waals surface area contributed by atoms with Gasteiger partial charge in [0.1, 0.15) is 37.1 Å². The van der Waals surface area contributed by atoms with Crippen molar-refractivity contribution in [2.45, 2.75) is 93.9 Å². The maximum absolute atomic E-state index is 15.0. The summed E-state index contributed by atoms with van der Waals surface area (Å²) in [4.78, 5) is 56.6. The van der Waals surface area contributed by atoms with Crippen LogP contribution in [0.2, 0.25) is 0 Å². The van der Waals surface area contributed by atoms with Gasteiger partial charge in [-0.1, -0.05) is 54.6 Å². The van der Waals surface area contributed by atoms with E-state index in [1.807, 2.05) is 0 Å². The number of amides is 1. The van der Waals surface area contributed by atoms with Crippen LogP contribution in [0.3, 0.4) is 0 Å². The van der Waals surface area contributed by atoms with Gasteiger partial charge in [0.15, 0.2) is 35.1 Å². The number of carbonyl (C=O) groups excluding carboxylic acids is 4. The normalized spacial score (nSPS) is 32.6. The highest BCUT2D eigenvalue weighted by Gasteiger charge is 2.73.